The van der Waals surface area contributed by atoms with E-state index in [9.17, 15) is 14.4 Å². The molecule has 0 unspecified atom stereocenters. The van der Waals surface area contributed by atoms with Crippen LogP contribution in [-0.2, 0) is 16.1 Å². The average molecular weight is 478 g/mol. The number of aromatic nitrogens is 2. The lowest BCUT2D eigenvalue weighted by molar-refractivity contribution is -0.116. The number of para-hydroxylation sites is 1. The third-order valence-electron chi connectivity index (χ3n) is 5.05. The number of esters is 1. The lowest BCUT2D eigenvalue weighted by atomic mass is 10.2. The fraction of sp³-hybridized carbons (Fsp3) is 0.200. The van der Waals surface area contributed by atoms with Crippen LogP contribution < -0.4 is 15.6 Å². The Morgan fingerprint density at radius 3 is 2.62 bits per heavy atom. The summed E-state index contributed by atoms with van der Waals surface area (Å²) in [5, 5.41) is 3.08. The number of carbonyl (C=O) groups excluding carboxylic acids is 2. The minimum absolute atomic E-state index is 0.0677. The van der Waals surface area contributed by atoms with Crippen molar-refractivity contribution in [2.45, 2.75) is 20.4 Å². The van der Waals surface area contributed by atoms with Crippen LogP contribution in [0.1, 0.15) is 20.8 Å². The van der Waals surface area contributed by atoms with Gasteiger partial charge in [0, 0.05) is 5.69 Å². The Kier molecular flexibility index (Phi) is 7.03. The van der Waals surface area contributed by atoms with Gasteiger partial charge in [0.25, 0.3) is 5.56 Å². The Labute approximate surface area is 199 Å². The second-order valence-electron chi connectivity index (χ2n) is 7.63. The Morgan fingerprint density at radius 2 is 1.85 bits per heavy atom. The third-order valence-corrected chi connectivity index (χ3v) is 6.23. The normalized spacial score (nSPS) is 10.8. The number of fused-ring (bicyclic) bond motifs is 1. The molecule has 9 heteroatoms. The van der Waals surface area contributed by atoms with Gasteiger partial charge in [0.15, 0.2) is 0 Å². The fourth-order valence-corrected chi connectivity index (χ4v) is 4.45. The number of rotatable bonds is 8. The molecule has 174 valence electrons. The van der Waals surface area contributed by atoms with Crippen LogP contribution in [0.25, 0.3) is 10.2 Å². The summed E-state index contributed by atoms with van der Waals surface area (Å²) in [6, 6.07) is 16.6. The van der Waals surface area contributed by atoms with E-state index in [0.29, 0.717) is 32.1 Å². The summed E-state index contributed by atoms with van der Waals surface area (Å²) in [7, 11) is 0. The minimum Gasteiger partial charge on any atom is -0.490 e. The van der Waals surface area contributed by atoms with Crippen molar-refractivity contribution in [2.24, 2.45) is 0 Å². The van der Waals surface area contributed by atoms with Crippen LogP contribution in [0.2, 0.25) is 0 Å². The molecule has 0 fully saturated rings. The first-order valence-corrected chi connectivity index (χ1v) is 11.4. The van der Waals surface area contributed by atoms with Crippen molar-refractivity contribution >= 4 is 39.1 Å². The highest BCUT2D eigenvalue weighted by Crippen LogP contribution is 2.27. The van der Waals surface area contributed by atoms with E-state index in [2.05, 4.69) is 10.3 Å². The number of thiophene rings is 1. The van der Waals surface area contributed by atoms with Crippen molar-refractivity contribution in [1.82, 2.24) is 9.55 Å². The van der Waals surface area contributed by atoms with Crippen molar-refractivity contribution in [3.8, 4) is 5.75 Å². The predicted octanol–water partition coefficient (Wildman–Crippen LogP) is 3.95. The van der Waals surface area contributed by atoms with Crippen LogP contribution in [0.4, 0.5) is 5.69 Å². The molecule has 0 radical (unpaired) electrons. The average Bonchev–Trinajstić information content (AvgIpc) is 3.16. The molecule has 0 atom stereocenters. The van der Waals surface area contributed by atoms with E-state index in [1.54, 1.807) is 13.0 Å². The number of carbonyl (C=O) groups is 2. The molecule has 4 rings (SSSR count). The van der Waals surface area contributed by atoms with E-state index in [1.165, 1.54) is 10.9 Å². The molecule has 0 spiro atoms. The van der Waals surface area contributed by atoms with E-state index < -0.39 is 5.97 Å². The van der Waals surface area contributed by atoms with Gasteiger partial charge < -0.3 is 14.8 Å². The molecule has 34 heavy (non-hydrogen) atoms. The van der Waals surface area contributed by atoms with E-state index >= 15 is 0 Å². The van der Waals surface area contributed by atoms with Gasteiger partial charge in [0.1, 0.15) is 35.2 Å². The predicted molar refractivity (Wildman–Crippen MR) is 131 cm³/mol. The number of nitrogens with zero attached hydrogens (tertiary/aromatic N) is 2. The van der Waals surface area contributed by atoms with Crippen molar-refractivity contribution in [1.29, 1.82) is 0 Å². The molecule has 1 N–H and O–H groups in total. The van der Waals surface area contributed by atoms with Gasteiger partial charge in [-0.25, -0.2) is 9.78 Å². The van der Waals surface area contributed by atoms with E-state index in [-0.39, 0.29) is 31.2 Å². The number of benzene rings is 2. The van der Waals surface area contributed by atoms with Gasteiger partial charge in [-0.05, 0) is 49.2 Å². The first-order chi connectivity index (χ1) is 16.4. The van der Waals surface area contributed by atoms with Gasteiger partial charge in [-0.2, -0.15) is 0 Å². The highest BCUT2D eigenvalue weighted by atomic mass is 32.1. The minimum atomic E-state index is -0.541. The lowest BCUT2D eigenvalue weighted by Crippen LogP contribution is -2.27. The maximum atomic E-state index is 13.0. The summed E-state index contributed by atoms with van der Waals surface area (Å²) in [4.78, 5) is 43.1. The number of amides is 1. The molecular formula is C25H23N3O5S. The summed E-state index contributed by atoms with van der Waals surface area (Å²) in [5.41, 5.74) is 1.77. The zero-order chi connectivity index (χ0) is 24.1. The zero-order valence-electron chi connectivity index (χ0n) is 18.7. The molecule has 4 aromatic rings. The van der Waals surface area contributed by atoms with Gasteiger partial charge in [-0.3, -0.25) is 14.2 Å². The highest BCUT2D eigenvalue weighted by molar-refractivity contribution is 7.20. The molecule has 2 heterocycles. The van der Waals surface area contributed by atoms with Crippen LogP contribution in [0, 0.1) is 13.8 Å². The molecule has 0 aliphatic carbocycles. The summed E-state index contributed by atoms with van der Waals surface area (Å²) in [6.45, 7) is 3.69. The van der Waals surface area contributed by atoms with Crippen molar-refractivity contribution in [3.63, 3.8) is 0 Å². The Bertz CT molecular complexity index is 1390. The molecule has 1 amide bonds. The maximum Gasteiger partial charge on any atom is 0.348 e. The van der Waals surface area contributed by atoms with Crippen molar-refractivity contribution in [2.75, 3.05) is 18.5 Å². The number of anilines is 1. The molecule has 8 nitrogen and oxygen atoms in total. The zero-order valence-corrected chi connectivity index (χ0v) is 19.6. The van der Waals surface area contributed by atoms with Crippen LogP contribution in [0.15, 0.2) is 65.7 Å². The largest absolute Gasteiger partial charge is 0.490 e. The number of aryl methyl sites for hydroxylation is 2. The summed E-state index contributed by atoms with van der Waals surface area (Å²) >= 11 is 1.09. The second-order valence-corrected chi connectivity index (χ2v) is 8.63. The van der Waals surface area contributed by atoms with Gasteiger partial charge in [-0.15, -0.1) is 11.3 Å². The quantitative estimate of drug-likeness (QED) is 0.305. The molecule has 2 aromatic carbocycles. The highest BCUT2D eigenvalue weighted by Gasteiger charge is 2.21. The van der Waals surface area contributed by atoms with Gasteiger partial charge in [-0.1, -0.05) is 30.3 Å². The maximum absolute atomic E-state index is 13.0. The molecule has 0 bridgehead atoms. The fourth-order valence-electron chi connectivity index (χ4n) is 3.42. The third kappa shape index (κ3) is 5.32. The molecule has 0 saturated carbocycles. The van der Waals surface area contributed by atoms with Crippen LogP contribution in [0.3, 0.4) is 0 Å². The Balaban J connectivity index is 1.43. The first-order valence-electron chi connectivity index (χ1n) is 10.6. The summed E-state index contributed by atoms with van der Waals surface area (Å²) in [5.74, 6) is -0.201. The number of hydrogen-bond donors (Lipinski definition) is 1. The summed E-state index contributed by atoms with van der Waals surface area (Å²) < 4.78 is 12.1. The van der Waals surface area contributed by atoms with Crippen molar-refractivity contribution in [3.05, 3.63) is 87.3 Å². The number of nitrogens with one attached hydrogen (secondary N) is 1. The van der Waals surface area contributed by atoms with Crippen LogP contribution >= 0.6 is 11.3 Å². The molecule has 2 aromatic heterocycles. The van der Waals surface area contributed by atoms with Gasteiger partial charge >= 0.3 is 5.97 Å². The van der Waals surface area contributed by atoms with E-state index in [1.807, 2.05) is 55.5 Å². The summed E-state index contributed by atoms with van der Waals surface area (Å²) in [6.07, 6.45) is 1.32. The smallest absolute Gasteiger partial charge is 0.348 e. The molecule has 0 saturated heterocycles. The van der Waals surface area contributed by atoms with Gasteiger partial charge in [0.05, 0.1) is 11.7 Å². The molecule has 0 aliphatic heterocycles. The molecule has 0 aliphatic rings. The number of hydrogen-bond acceptors (Lipinski definition) is 7. The second kappa shape index (κ2) is 10.3. The lowest BCUT2D eigenvalue weighted by Gasteiger charge is -2.08. The Morgan fingerprint density at radius 1 is 1.06 bits per heavy atom. The Hall–Kier alpha value is -3.98. The first kappa shape index (κ1) is 23.2. The number of ether oxygens (including phenoxy) is 2. The standard InChI is InChI=1S/C25H23N3O5S/c1-16-7-6-8-18(13-16)27-20(29)14-28-15-26-23-21(24(28)30)17(2)22(34-23)25(31)33-12-11-32-19-9-4-3-5-10-19/h3-10,13,15H,11-12,14H2,1-2H3,(H,27,29). The SMILES string of the molecule is Cc1cccc(NC(=O)Cn2cnc3sc(C(=O)OCCOc4ccccc4)c(C)c3c2=O)c1. The van der Waals surface area contributed by atoms with E-state index in [0.717, 1.165) is 16.9 Å². The van der Waals surface area contributed by atoms with Crippen LogP contribution in [0.5, 0.6) is 5.75 Å². The molecular weight excluding hydrogens is 454 g/mol. The van der Waals surface area contributed by atoms with Crippen LogP contribution in [-0.4, -0.2) is 34.6 Å². The monoisotopic (exact) mass is 477 g/mol. The van der Waals surface area contributed by atoms with E-state index in [4.69, 9.17) is 9.47 Å². The van der Waals surface area contributed by atoms with Crippen molar-refractivity contribution < 1.29 is 19.1 Å². The topological polar surface area (TPSA) is 99.5 Å². The van der Waals surface area contributed by atoms with Gasteiger partial charge in [0.2, 0.25) is 5.91 Å².